The molecular formula is C28H34B2N4O9. The molecule has 0 bridgehead atoms. The summed E-state index contributed by atoms with van der Waals surface area (Å²) in [6, 6.07) is 7.46. The number of nitrogens with one attached hydrogen (secondary N) is 2. The highest BCUT2D eigenvalue weighted by atomic mass is 16.5. The van der Waals surface area contributed by atoms with Gasteiger partial charge in [0.25, 0.3) is 11.8 Å². The van der Waals surface area contributed by atoms with Crippen LogP contribution >= 0.6 is 0 Å². The number of rotatable bonds is 11. The third kappa shape index (κ3) is 6.92. The summed E-state index contributed by atoms with van der Waals surface area (Å²) in [5.74, 6) is -2.50. The smallest absolute Gasteiger partial charge is 0.481 e. The van der Waals surface area contributed by atoms with E-state index in [2.05, 4.69) is 10.6 Å². The summed E-state index contributed by atoms with van der Waals surface area (Å²) < 4.78 is 10.4. The van der Waals surface area contributed by atoms with Gasteiger partial charge in [0, 0.05) is 29.8 Å². The molecule has 3 aliphatic rings. The first-order valence-electron chi connectivity index (χ1n) is 14.3. The summed E-state index contributed by atoms with van der Waals surface area (Å²) in [6.45, 7) is 0.924. The second kappa shape index (κ2) is 13.3. The van der Waals surface area contributed by atoms with Crippen molar-refractivity contribution in [3.05, 3.63) is 58.7 Å². The fraction of sp³-hybridized carbons (Fsp3) is 0.429. The standard InChI is InChI=1S/C28H34B2N4O9/c31-8-2-1-3-20(12-25(35)36)32-27(38)24-11-21(33-26(37)16-4-6-18-14-42-29(40)22(18)9-16)13-34(24)28(39)17-5-7-19-15-43-30(41)23(19)10-17/h4-7,9-10,20-21,24,40-41H,1-3,8,11-15,31H2,(H,32,38)(H,33,37)(H,35,36)/t20-,21+,24-/m0/s1. The van der Waals surface area contributed by atoms with Crippen molar-refractivity contribution in [3.63, 3.8) is 0 Å². The zero-order chi connectivity index (χ0) is 30.7. The Morgan fingerprint density at radius 2 is 1.60 bits per heavy atom. The molecule has 43 heavy (non-hydrogen) atoms. The number of unbranched alkanes of at least 4 members (excludes halogenated alkanes) is 1. The molecule has 1 fully saturated rings. The average Bonchev–Trinajstić information content (AvgIpc) is 3.69. The maximum atomic E-state index is 13.8. The number of fused-ring (bicyclic) bond motifs is 2. The van der Waals surface area contributed by atoms with Gasteiger partial charge in [0.15, 0.2) is 0 Å². The zero-order valence-electron chi connectivity index (χ0n) is 23.5. The highest BCUT2D eigenvalue weighted by molar-refractivity contribution is 6.62. The Hall–Kier alpha value is -3.75. The monoisotopic (exact) mass is 592 g/mol. The number of carboxylic acids is 1. The molecule has 0 aromatic heterocycles. The molecule has 3 heterocycles. The van der Waals surface area contributed by atoms with Gasteiger partial charge in [-0.3, -0.25) is 19.2 Å². The number of benzene rings is 2. The van der Waals surface area contributed by atoms with Crippen LogP contribution in [0.1, 0.15) is 63.9 Å². The maximum absolute atomic E-state index is 13.8. The van der Waals surface area contributed by atoms with Crippen LogP contribution in [0.25, 0.3) is 0 Å². The van der Waals surface area contributed by atoms with Gasteiger partial charge in [0.1, 0.15) is 6.04 Å². The Bertz CT molecular complexity index is 1410. The number of nitrogens with zero attached hydrogens (tertiary/aromatic N) is 1. The molecular weight excluding hydrogens is 558 g/mol. The van der Waals surface area contributed by atoms with E-state index in [-0.39, 0.29) is 38.2 Å². The van der Waals surface area contributed by atoms with Crippen molar-refractivity contribution in [3.8, 4) is 0 Å². The van der Waals surface area contributed by atoms with Gasteiger partial charge in [0.2, 0.25) is 5.91 Å². The summed E-state index contributed by atoms with van der Waals surface area (Å²) >= 11 is 0. The lowest BCUT2D eigenvalue weighted by molar-refractivity contribution is -0.138. The predicted octanol–water partition coefficient (Wildman–Crippen LogP) is -1.78. The molecule has 3 amide bonds. The molecule has 7 N–H and O–H groups in total. The van der Waals surface area contributed by atoms with Crippen molar-refractivity contribution in [2.75, 3.05) is 13.1 Å². The molecule has 1 saturated heterocycles. The summed E-state index contributed by atoms with van der Waals surface area (Å²) in [5, 5.41) is 35.3. The fourth-order valence-corrected chi connectivity index (χ4v) is 5.82. The Morgan fingerprint density at radius 1 is 0.977 bits per heavy atom. The minimum absolute atomic E-state index is 0.0201. The van der Waals surface area contributed by atoms with E-state index in [1.165, 1.54) is 11.0 Å². The minimum Gasteiger partial charge on any atom is -0.481 e. The second-order valence-corrected chi connectivity index (χ2v) is 11.1. The zero-order valence-corrected chi connectivity index (χ0v) is 23.5. The van der Waals surface area contributed by atoms with Crippen LogP contribution in [0.15, 0.2) is 36.4 Å². The number of hydrogen-bond acceptors (Lipinski definition) is 9. The molecule has 226 valence electrons. The predicted molar refractivity (Wildman–Crippen MR) is 155 cm³/mol. The highest BCUT2D eigenvalue weighted by Crippen LogP contribution is 2.23. The lowest BCUT2D eigenvalue weighted by atomic mass is 9.78. The summed E-state index contributed by atoms with van der Waals surface area (Å²) in [4.78, 5) is 53.4. The largest absolute Gasteiger partial charge is 0.491 e. The van der Waals surface area contributed by atoms with Crippen LogP contribution in [0.5, 0.6) is 0 Å². The number of carbonyl (C=O) groups excluding carboxylic acids is 3. The first-order chi connectivity index (χ1) is 20.6. The number of aliphatic carboxylic acids is 1. The van der Waals surface area contributed by atoms with Gasteiger partial charge in [-0.25, -0.2) is 0 Å². The van der Waals surface area contributed by atoms with Crippen molar-refractivity contribution in [1.29, 1.82) is 0 Å². The lowest BCUT2D eigenvalue weighted by Crippen LogP contribution is -2.49. The molecule has 2 aromatic rings. The molecule has 2 aromatic carbocycles. The van der Waals surface area contributed by atoms with Gasteiger partial charge in [-0.05, 0) is 72.1 Å². The Kier molecular flexibility index (Phi) is 9.47. The van der Waals surface area contributed by atoms with E-state index in [0.717, 1.165) is 11.1 Å². The maximum Gasteiger partial charge on any atom is 0.491 e. The normalized spacial score (nSPS) is 19.7. The Labute approximate surface area is 249 Å². The molecule has 0 saturated carbocycles. The van der Waals surface area contributed by atoms with Gasteiger partial charge in [-0.15, -0.1) is 0 Å². The van der Waals surface area contributed by atoms with Crippen LogP contribution in [0.4, 0.5) is 0 Å². The topological polar surface area (TPSA) is 201 Å². The molecule has 13 nitrogen and oxygen atoms in total. The van der Waals surface area contributed by atoms with E-state index in [1.54, 1.807) is 30.3 Å². The van der Waals surface area contributed by atoms with Gasteiger partial charge in [-0.1, -0.05) is 18.6 Å². The molecule has 15 heteroatoms. The summed E-state index contributed by atoms with van der Waals surface area (Å²) in [5.41, 5.74) is 8.63. The Morgan fingerprint density at radius 3 is 2.23 bits per heavy atom. The fourth-order valence-electron chi connectivity index (χ4n) is 5.82. The van der Waals surface area contributed by atoms with Crippen LogP contribution in [0, 0.1) is 0 Å². The van der Waals surface area contributed by atoms with Crippen molar-refractivity contribution < 1.29 is 43.6 Å². The van der Waals surface area contributed by atoms with Crippen LogP contribution in [0.3, 0.4) is 0 Å². The lowest BCUT2D eigenvalue weighted by Gasteiger charge is -2.26. The third-order valence-corrected chi connectivity index (χ3v) is 8.10. The molecule has 5 rings (SSSR count). The number of amides is 3. The number of carboxylic acid groups (broad SMARTS) is 1. The first-order valence-corrected chi connectivity index (χ1v) is 14.3. The Balaban J connectivity index is 1.35. The van der Waals surface area contributed by atoms with Gasteiger partial charge in [-0.2, -0.15) is 0 Å². The number of carbonyl (C=O) groups is 4. The van der Waals surface area contributed by atoms with Crippen LogP contribution in [0.2, 0.25) is 0 Å². The second-order valence-electron chi connectivity index (χ2n) is 11.1. The molecule has 3 aliphatic heterocycles. The molecule has 3 atom stereocenters. The summed E-state index contributed by atoms with van der Waals surface area (Å²) in [7, 11) is -2.27. The van der Waals surface area contributed by atoms with E-state index in [1.807, 2.05) is 0 Å². The quantitative estimate of drug-likeness (QED) is 0.128. The molecule has 0 unspecified atom stereocenters. The number of hydrogen-bond donors (Lipinski definition) is 6. The van der Waals surface area contributed by atoms with Gasteiger partial charge >= 0.3 is 20.2 Å². The average molecular weight is 592 g/mol. The van der Waals surface area contributed by atoms with E-state index in [4.69, 9.17) is 15.0 Å². The van der Waals surface area contributed by atoms with E-state index in [0.29, 0.717) is 42.3 Å². The van der Waals surface area contributed by atoms with E-state index >= 15 is 0 Å². The molecule has 0 spiro atoms. The van der Waals surface area contributed by atoms with E-state index < -0.39 is 56.1 Å². The first kappa shape index (κ1) is 30.7. The van der Waals surface area contributed by atoms with Crippen molar-refractivity contribution in [2.45, 2.75) is 63.4 Å². The van der Waals surface area contributed by atoms with Gasteiger partial charge in [0.05, 0.1) is 19.6 Å². The minimum atomic E-state index is -1.16. The summed E-state index contributed by atoms with van der Waals surface area (Å²) in [6.07, 6.45) is 1.52. The molecule has 0 aliphatic carbocycles. The van der Waals surface area contributed by atoms with Crippen molar-refractivity contribution in [2.24, 2.45) is 5.73 Å². The van der Waals surface area contributed by atoms with Crippen molar-refractivity contribution >= 4 is 48.9 Å². The highest BCUT2D eigenvalue weighted by Gasteiger charge is 2.42. The van der Waals surface area contributed by atoms with Crippen LogP contribution in [-0.2, 0) is 32.1 Å². The third-order valence-electron chi connectivity index (χ3n) is 8.10. The van der Waals surface area contributed by atoms with Crippen LogP contribution in [-0.4, -0.2) is 89.2 Å². The number of nitrogens with two attached hydrogens (primary N) is 1. The number of likely N-dealkylation sites (tertiary alicyclic amines) is 1. The van der Waals surface area contributed by atoms with Crippen LogP contribution < -0.4 is 27.3 Å². The van der Waals surface area contributed by atoms with E-state index in [9.17, 15) is 34.3 Å². The SMILES string of the molecule is NCCCC[C@@H](CC(=O)O)NC(=O)[C@@H]1C[C@@H](NC(=O)c2ccc3c(c2)B(O)OC3)CN1C(=O)c1ccc2c(c1)B(O)OC2. The molecule has 0 radical (unpaired) electrons. The van der Waals surface area contributed by atoms with Crippen molar-refractivity contribution in [1.82, 2.24) is 15.5 Å². The van der Waals surface area contributed by atoms with Gasteiger partial charge < -0.3 is 45.7 Å².